The summed E-state index contributed by atoms with van der Waals surface area (Å²) in [5, 5.41) is 0. The lowest BCUT2D eigenvalue weighted by Crippen LogP contribution is -2.57. The van der Waals surface area contributed by atoms with Crippen molar-refractivity contribution in [1.82, 2.24) is 4.81 Å². The zero-order valence-electron chi connectivity index (χ0n) is 8.78. The maximum atomic E-state index is 12.6. The first-order valence-corrected chi connectivity index (χ1v) is 4.14. The van der Waals surface area contributed by atoms with Crippen LogP contribution in [0.5, 0.6) is 0 Å². The maximum absolute atomic E-state index is 12.6. The predicted molar refractivity (Wildman–Crippen MR) is 49.3 cm³/mol. The second-order valence-electron chi connectivity index (χ2n) is 4.99. The summed E-state index contributed by atoms with van der Waals surface area (Å²) in [6.45, 7) is 10.8. The maximum Gasteiger partial charge on any atom is 0.637 e. The van der Waals surface area contributed by atoms with Crippen LogP contribution in [-0.2, 0) is 0 Å². The van der Waals surface area contributed by atoms with E-state index in [9.17, 15) is 8.63 Å². The van der Waals surface area contributed by atoms with E-state index in [4.69, 9.17) is 0 Å². The summed E-state index contributed by atoms with van der Waals surface area (Å²) in [5.41, 5.74) is -0.987. The average molecular weight is 177 g/mol. The molecule has 0 unspecified atom stereocenters. The van der Waals surface area contributed by atoms with Gasteiger partial charge in [-0.05, 0) is 41.5 Å². The SMILES string of the molecule is CC(C)(C)N(B(F)F)C(C)(C)C. The van der Waals surface area contributed by atoms with Gasteiger partial charge in [0.2, 0.25) is 0 Å². The molecule has 0 N–H and O–H groups in total. The molecule has 0 aliphatic carbocycles. The van der Waals surface area contributed by atoms with E-state index in [2.05, 4.69) is 0 Å². The van der Waals surface area contributed by atoms with Crippen molar-refractivity contribution in [2.45, 2.75) is 52.6 Å². The number of nitrogens with zero attached hydrogens (tertiary/aromatic N) is 1. The van der Waals surface area contributed by atoms with Gasteiger partial charge in [0.05, 0.1) is 0 Å². The molecule has 0 rings (SSSR count). The first-order valence-electron chi connectivity index (χ1n) is 4.14. The summed E-state index contributed by atoms with van der Waals surface area (Å²) in [6, 6.07) is 0. The monoisotopic (exact) mass is 177 g/mol. The number of hydrogen-bond donors (Lipinski definition) is 0. The summed E-state index contributed by atoms with van der Waals surface area (Å²) in [6.07, 6.45) is 0. The van der Waals surface area contributed by atoms with Crippen molar-refractivity contribution in [2.75, 3.05) is 0 Å². The molecule has 1 nitrogen and oxygen atoms in total. The van der Waals surface area contributed by atoms with Gasteiger partial charge < -0.3 is 0 Å². The van der Waals surface area contributed by atoms with Gasteiger partial charge in [-0.2, -0.15) is 0 Å². The van der Waals surface area contributed by atoms with Crippen molar-refractivity contribution in [3.05, 3.63) is 0 Å². The fourth-order valence-electron chi connectivity index (χ4n) is 1.59. The Morgan fingerprint density at radius 1 is 0.833 bits per heavy atom. The van der Waals surface area contributed by atoms with Crippen LogP contribution < -0.4 is 0 Å². The van der Waals surface area contributed by atoms with Crippen LogP contribution >= 0.6 is 0 Å². The Bertz CT molecular complexity index is 132. The third-order valence-corrected chi connectivity index (χ3v) is 1.64. The molecule has 0 saturated heterocycles. The minimum atomic E-state index is -2.40. The van der Waals surface area contributed by atoms with E-state index in [1.54, 1.807) is 41.5 Å². The van der Waals surface area contributed by atoms with E-state index in [0.29, 0.717) is 0 Å². The molecule has 0 amide bonds. The highest BCUT2D eigenvalue weighted by Crippen LogP contribution is 2.26. The van der Waals surface area contributed by atoms with Crippen molar-refractivity contribution in [2.24, 2.45) is 0 Å². The Kier molecular flexibility index (Phi) is 3.29. The molecule has 0 aromatic carbocycles. The second-order valence-corrected chi connectivity index (χ2v) is 4.99. The van der Waals surface area contributed by atoms with E-state index in [0.717, 1.165) is 0 Å². The highest BCUT2D eigenvalue weighted by atomic mass is 19.2. The molecule has 4 heteroatoms. The topological polar surface area (TPSA) is 3.24 Å². The lowest BCUT2D eigenvalue weighted by Gasteiger charge is -2.43. The van der Waals surface area contributed by atoms with Gasteiger partial charge in [-0.3, -0.25) is 13.4 Å². The van der Waals surface area contributed by atoms with E-state index in [1.165, 1.54) is 4.81 Å². The smallest absolute Gasteiger partial charge is 0.273 e. The van der Waals surface area contributed by atoms with Crippen LogP contribution in [0.15, 0.2) is 0 Å². The van der Waals surface area contributed by atoms with E-state index in [1.807, 2.05) is 0 Å². The first kappa shape index (κ1) is 11.9. The standard InChI is InChI=1S/C8H18BF2N/c1-7(2,3)12(9(10)11)8(4,5)6/h1-6H3. The molecule has 0 aliphatic rings. The summed E-state index contributed by atoms with van der Waals surface area (Å²) >= 11 is 0. The number of rotatable bonds is 1. The molecule has 0 atom stereocenters. The summed E-state index contributed by atoms with van der Waals surface area (Å²) in [7, 11) is -2.40. The van der Waals surface area contributed by atoms with Crippen molar-refractivity contribution in [3.63, 3.8) is 0 Å². The molecule has 0 aromatic heterocycles. The summed E-state index contributed by atoms with van der Waals surface area (Å²) in [4.78, 5) is 1.21. The van der Waals surface area contributed by atoms with E-state index in [-0.39, 0.29) is 0 Å². The Morgan fingerprint density at radius 3 is 1.08 bits per heavy atom. The fraction of sp³-hybridized carbons (Fsp3) is 1.00. The Labute approximate surface area is 74.3 Å². The highest BCUT2D eigenvalue weighted by molar-refractivity contribution is 6.39. The number of halogens is 2. The van der Waals surface area contributed by atoms with Gasteiger partial charge in [-0.25, -0.2) is 0 Å². The summed E-state index contributed by atoms with van der Waals surface area (Å²) in [5.74, 6) is 0. The van der Waals surface area contributed by atoms with E-state index < -0.39 is 18.5 Å². The molecule has 0 fully saturated rings. The molecule has 0 spiro atoms. The molecule has 0 heterocycles. The average Bonchev–Trinajstić information content (AvgIpc) is 1.49. The molecule has 72 valence electrons. The van der Waals surface area contributed by atoms with Gasteiger partial charge in [-0.15, -0.1) is 0 Å². The number of hydrogen-bond acceptors (Lipinski definition) is 1. The van der Waals surface area contributed by atoms with Crippen molar-refractivity contribution in [1.29, 1.82) is 0 Å². The molecular formula is C8H18BF2N. The van der Waals surface area contributed by atoms with Crippen LogP contribution in [0.4, 0.5) is 8.63 Å². The predicted octanol–water partition coefficient (Wildman–Crippen LogP) is 2.81. The Morgan fingerprint density at radius 2 is 1.08 bits per heavy atom. The van der Waals surface area contributed by atoms with Crippen molar-refractivity contribution in [3.8, 4) is 0 Å². The lowest BCUT2D eigenvalue weighted by atomic mass is 9.88. The third-order valence-electron chi connectivity index (χ3n) is 1.64. The summed E-state index contributed by atoms with van der Waals surface area (Å²) < 4.78 is 25.2. The van der Waals surface area contributed by atoms with Crippen LogP contribution in [0.25, 0.3) is 0 Å². The molecule has 0 radical (unpaired) electrons. The fourth-order valence-corrected chi connectivity index (χ4v) is 1.59. The van der Waals surface area contributed by atoms with Crippen molar-refractivity contribution < 1.29 is 8.63 Å². The lowest BCUT2D eigenvalue weighted by molar-refractivity contribution is 0.109. The molecule has 0 saturated carbocycles. The van der Waals surface area contributed by atoms with Crippen LogP contribution in [0.1, 0.15) is 41.5 Å². The van der Waals surface area contributed by atoms with Crippen LogP contribution in [-0.4, -0.2) is 23.3 Å². The first-order chi connectivity index (χ1) is 5.07. The molecule has 0 aliphatic heterocycles. The van der Waals surface area contributed by atoms with Crippen LogP contribution in [0.2, 0.25) is 0 Å². The quantitative estimate of drug-likeness (QED) is 0.556. The van der Waals surface area contributed by atoms with Crippen LogP contribution in [0, 0.1) is 0 Å². The minimum absolute atomic E-state index is 0.494. The Hall–Kier alpha value is -0.115. The van der Waals surface area contributed by atoms with Crippen molar-refractivity contribution >= 4 is 7.40 Å². The largest absolute Gasteiger partial charge is 0.637 e. The molecule has 0 aromatic rings. The van der Waals surface area contributed by atoms with Crippen LogP contribution in [0.3, 0.4) is 0 Å². The zero-order chi connectivity index (χ0) is 10.2. The minimum Gasteiger partial charge on any atom is -0.273 e. The van der Waals surface area contributed by atoms with E-state index >= 15 is 0 Å². The molecule has 12 heavy (non-hydrogen) atoms. The van der Waals surface area contributed by atoms with Gasteiger partial charge in [0.25, 0.3) is 0 Å². The zero-order valence-corrected chi connectivity index (χ0v) is 8.78. The molecular weight excluding hydrogens is 159 g/mol. The van der Waals surface area contributed by atoms with Gasteiger partial charge in [0.15, 0.2) is 0 Å². The van der Waals surface area contributed by atoms with Gasteiger partial charge in [0.1, 0.15) is 0 Å². The van der Waals surface area contributed by atoms with Gasteiger partial charge >= 0.3 is 7.40 Å². The Balaban J connectivity index is 4.70. The third kappa shape index (κ3) is 3.09. The van der Waals surface area contributed by atoms with Gasteiger partial charge in [0, 0.05) is 11.1 Å². The normalized spacial score (nSPS) is 13.8. The second kappa shape index (κ2) is 3.33. The molecule has 0 bridgehead atoms. The highest BCUT2D eigenvalue weighted by Gasteiger charge is 2.41. The van der Waals surface area contributed by atoms with Gasteiger partial charge in [-0.1, -0.05) is 0 Å².